The summed E-state index contributed by atoms with van der Waals surface area (Å²) in [5.41, 5.74) is 3.39. The Kier molecular flexibility index (Phi) is 4.58. The number of fused-ring (bicyclic) bond motifs is 1. The molecule has 0 aliphatic heterocycles. The number of imidazole rings is 1. The molecule has 0 spiro atoms. The fraction of sp³-hybridized carbons (Fsp3) is 0.0909. The molecule has 1 aromatic carbocycles. The normalized spacial score (nSPS) is 14.5. The number of nitrogens with zero attached hydrogens (tertiary/aromatic N) is 3. The number of nitriles is 1. The molecule has 3 aromatic rings. The van der Waals surface area contributed by atoms with Gasteiger partial charge in [0.25, 0.3) is 0 Å². The largest absolute Gasteiger partial charge is 0.291 e. The van der Waals surface area contributed by atoms with Crippen LogP contribution in [0.1, 0.15) is 23.7 Å². The van der Waals surface area contributed by atoms with Crippen molar-refractivity contribution in [1.29, 1.82) is 5.26 Å². The summed E-state index contributed by atoms with van der Waals surface area (Å²) in [7, 11) is 0. The summed E-state index contributed by atoms with van der Waals surface area (Å²) in [5, 5.41) is 9.13. The van der Waals surface area contributed by atoms with Crippen molar-refractivity contribution in [2.45, 2.75) is 6.92 Å². The van der Waals surface area contributed by atoms with E-state index in [1.165, 1.54) is 12.3 Å². The number of allylic oxidation sites excluding steroid dienone is 6. The van der Waals surface area contributed by atoms with Gasteiger partial charge in [-0.3, -0.25) is 4.40 Å². The molecule has 2 heterocycles. The molecule has 0 saturated carbocycles. The van der Waals surface area contributed by atoms with Crippen LogP contribution in [0, 0.1) is 28.9 Å². The molecule has 138 valence electrons. The van der Waals surface area contributed by atoms with Crippen molar-refractivity contribution in [3.05, 3.63) is 94.4 Å². The van der Waals surface area contributed by atoms with E-state index < -0.39 is 11.6 Å². The monoisotopic (exact) mass is 393 g/mol. The topological polar surface area (TPSA) is 41.1 Å². The third kappa shape index (κ3) is 3.35. The third-order valence-corrected chi connectivity index (χ3v) is 4.94. The highest BCUT2D eigenvalue weighted by Gasteiger charge is 2.15. The van der Waals surface area contributed by atoms with E-state index in [1.54, 1.807) is 23.6 Å². The number of rotatable bonds is 4. The molecule has 1 aliphatic carbocycles. The van der Waals surface area contributed by atoms with Gasteiger partial charge in [-0.2, -0.15) is 5.26 Å². The van der Waals surface area contributed by atoms with E-state index in [-0.39, 0.29) is 16.5 Å². The van der Waals surface area contributed by atoms with Crippen LogP contribution in [0.3, 0.4) is 0 Å². The average Bonchev–Trinajstić information content (AvgIpc) is 3.42. The van der Waals surface area contributed by atoms with Crippen LogP contribution in [0.15, 0.2) is 61.0 Å². The van der Waals surface area contributed by atoms with Crippen LogP contribution in [0.4, 0.5) is 8.78 Å². The van der Waals surface area contributed by atoms with E-state index >= 15 is 0 Å². The fourth-order valence-electron chi connectivity index (χ4n) is 3.02. The Hall–Kier alpha value is -3.23. The van der Waals surface area contributed by atoms with Crippen LogP contribution in [-0.4, -0.2) is 9.38 Å². The van der Waals surface area contributed by atoms with Crippen molar-refractivity contribution in [3.63, 3.8) is 0 Å². The lowest BCUT2D eigenvalue weighted by atomic mass is 9.95. The van der Waals surface area contributed by atoms with E-state index in [1.807, 2.05) is 30.4 Å². The first-order valence-corrected chi connectivity index (χ1v) is 8.95. The zero-order chi connectivity index (χ0) is 19.8. The van der Waals surface area contributed by atoms with E-state index in [9.17, 15) is 14.0 Å². The van der Waals surface area contributed by atoms with Crippen molar-refractivity contribution in [2.24, 2.45) is 5.92 Å². The Bertz CT molecular complexity index is 1220. The van der Waals surface area contributed by atoms with Gasteiger partial charge >= 0.3 is 0 Å². The summed E-state index contributed by atoms with van der Waals surface area (Å²) in [6, 6.07) is 7.83. The Labute approximate surface area is 165 Å². The summed E-state index contributed by atoms with van der Waals surface area (Å²) < 4.78 is 29.7. The molecule has 1 aliphatic rings. The van der Waals surface area contributed by atoms with Crippen LogP contribution in [0.25, 0.3) is 16.8 Å². The molecule has 0 bridgehead atoms. The van der Waals surface area contributed by atoms with Crippen LogP contribution in [0.5, 0.6) is 0 Å². The highest BCUT2D eigenvalue weighted by molar-refractivity contribution is 6.31. The third-order valence-electron chi connectivity index (χ3n) is 4.65. The van der Waals surface area contributed by atoms with Gasteiger partial charge in [-0.25, -0.2) is 13.8 Å². The maximum Gasteiger partial charge on any atom is 0.144 e. The quantitative estimate of drug-likeness (QED) is 0.319. The second kappa shape index (κ2) is 7.06. The Morgan fingerprint density at radius 2 is 2.04 bits per heavy atom. The minimum absolute atomic E-state index is 0.139. The molecule has 6 heteroatoms. The summed E-state index contributed by atoms with van der Waals surface area (Å²) >= 11 is 5.88. The summed E-state index contributed by atoms with van der Waals surface area (Å²) in [6.07, 6.45) is 11.2. The van der Waals surface area contributed by atoms with Gasteiger partial charge in [-0.15, -0.1) is 0 Å². The van der Waals surface area contributed by atoms with E-state index in [0.717, 1.165) is 17.2 Å². The van der Waals surface area contributed by atoms with Crippen molar-refractivity contribution in [1.82, 2.24) is 9.38 Å². The van der Waals surface area contributed by atoms with Crippen molar-refractivity contribution >= 4 is 28.4 Å². The summed E-state index contributed by atoms with van der Waals surface area (Å²) in [6.45, 7) is 1.76. The van der Waals surface area contributed by atoms with Gasteiger partial charge in [0.15, 0.2) is 0 Å². The van der Waals surface area contributed by atoms with Crippen LogP contribution in [0.2, 0.25) is 5.02 Å². The zero-order valence-corrected chi connectivity index (χ0v) is 15.6. The number of hydrogen-bond acceptors (Lipinski definition) is 2. The lowest BCUT2D eigenvalue weighted by Crippen LogP contribution is -1.96. The maximum atomic E-state index is 14.5. The van der Waals surface area contributed by atoms with Crippen LogP contribution in [-0.2, 0) is 0 Å². The van der Waals surface area contributed by atoms with E-state index in [2.05, 4.69) is 11.1 Å². The molecule has 0 atom stereocenters. The second-order valence-corrected chi connectivity index (χ2v) is 6.91. The summed E-state index contributed by atoms with van der Waals surface area (Å²) in [5.74, 6) is -1.21. The van der Waals surface area contributed by atoms with Gasteiger partial charge in [0, 0.05) is 23.7 Å². The van der Waals surface area contributed by atoms with E-state index in [0.29, 0.717) is 16.9 Å². The minimum Gasteiger partial charge on any atom is -0.291 e. The van der Waals surface area contributed by atoms with Gasteiger partial charge in [0.05, 0.1) is 11.2 Å². The first-order chi connectivity index (χ1) is 13.5. The van der Waals surface area contributed by atoms with Crippen LogP contribution < -0.4 is 0 Å². The lowest BCUT2D eigenvalue weighted by molar-refractivity contribution is 0.581. The molecule has 0 unspecified atom stereocenters. The van der Waals surface area contributed by atoms with E-state index in [4.69, 9.17) is 11.6 Å². The van der Waals surface area contributed by atoms with Crippen molar-refractivity contribution in [3.8, 4) is 6.07 Å². The molecular weight excluding hydrogens is 380 g/mol. The maximum absolute atomic E-state index is 14.5. The average molecular weight is 394 g/mol. The standard InChI is InChI=1S/C22H14ClF2N3/c1-13(18-8-19(23)21(25)9-20(18)24)17(6-4-14-2-3-14)15-5-7-22-27-11-16(10-26)28(22)12-15/h2-9,11-12,14H,1H3/b6-4-,17-13-. The SMILES string of the molecule is C/C(=C(\C=C/C1C=C1)c1ccc2ncc(C#N)n2c1)c1cc(Cl)c(F)cc1F. The van der Waals surface area contributed by atoms with Crippen LogP contribution >= 0.6 is 11.6 Å². The zero-order valence-electron chi connectivity index (χ0n) is 14.8. The molecule has 3 nitrogen and oxygen atoms in total. The van der Waals surface area contributed by atoms with Gasteiger partial charge in [-0.1, -0.05) is 35.9 Å². The van der Waals surface area contributed by atoms with Crippen molar-refractivity contribution in [2.75, 3.05) is 0 Å². The molecular formula is C22H14ClF2N3. The Morgan fingerprint density at radius 3 is 2.75 bits per heavy atom. The number of pyridine rings is 1. The smallest absolute Gasteiger partial charge is 0.144 e. The summed E-state index contributed by atoms with van der Waals surface area (Å²) in [4.78, 5) is 4.19. The molecule has 4 rings (SSSR count). The van der Waals surface area contributed by atoms with Gasteiger partial charge in [-0.05, 0) is 41.8 Å². The molecule has 0 N–H and O–H groups in total. The van der Waals surface area contributed by atoms with Gasteiger partial charge < -0.3 is 0 Å². The predicted molar refractivity (Wildman–Crippen MR) is 106 cm³/mol. The number of benzene rings is 1. The molecule has 2 aromatic heterocycles. The predicted octanol–water partition coefficient (Wildman–Crippen LogP) is 5.81. The fourth-order valence-corrected chi connectivity index (χ4v) is 3.18. The van der Waals surface area contributed by atoms with Gasteiger partial charge in [0.2, 0.25) is 0 Å². The highest BCUT2D eigenvalue weighted by Crippen LogP contribution is 2.33. The first kappa shape index (κ1) is 18.1. The second-order valence-electron chi connectivity index (χ2n) is 6.51. The number of halogens is 3. The van der Waals surface area contributed by atoms with Gasteiger partial charge in [0.1, 0.15) is 29.0 Å². The Morgan fingerprint density at radius 1 is 1.25 bits per heavy atom. The minimum atomic E-state index is -0.798. The first-order valence-electron chi connectivity index (χ1n) is 8.58. The lowest BCUT2D eigenvalue weighted by Gasteiger charge is -2.12. The molecule has 0 fully saturated rings. The Balaban J connectivity index is 1.91. The molecule has 0 radical (unpaired) electrons. The number of hydrogen-bond donors (Lipinski definition) is 0. The number of aromatic nitrogens is 2. The highest BCUT2D eigenvalue weighted by atomic mass is 35.5. The van der Waals surface area contributed by atoms with Crippen molar-refractivity contribution < 1.29 is 8.78 Å². The molecule has 0 saturated heterocycles. The molecule has 28 heavy (non-hydrogen) atoms. The molecule has 0 amide bonds.